The van der Waals surface area contributed by atoms with Gasteiger partial charge in [0.1, 0.15) is 10.8 Å². The summed E-state index contributed by atoms with van der Waals surface area (Å²) in [6.45, 7) is 4.19. The minimum Gasteiger partial charge on any atom is -0.430 e. The zero-order chi connectivity index (χ0) is 12.3. The minimum atomic E-state index is -0.104. The molecule has 0 bridgehead atoms. The lowest BCUT2D eigenvalue weighted by Crippen LogP contribution is -1.88. The number of rotatable bonds is 4. The van der Waals surface area contributed by atoms with Crippen LogP contribution in [0, 0.1) is 0 Å². The normalized spacial score (nSPS) is 10.8. The topological polar surface area (TPSA) is 55.2 Å². The molecule has 0 spiro atoms. The van der Waals surface area contributed by atoms with Crippen LogP contribution in [0.2, 0.25) is 0 Å². The van der Waals surface area contributed by atoms with Crippen LogP contribution in [0.3, 0.4) is 0 Å². The molecule has 5 heteroatoms. The first-order valence-corrected chi connectivity index (χ1v) is 6.21. The van der Waals surface area contributed by atoms with E-state index in [1.54, 1.807) is 0 Å². The number of benzene rings is 1. The van der Waals surface area contributed by atoms with Gasteiger partial charge in [0, 0.05) is 0 Å². The van der Waals surface area contributed by atoms with E-state index in [1.165, 1.54) is 16.9 Å². The highest BCUT2D eigenvalue weighted by atomic mass is 32.1. The molecule has 2 rings (SSSR count). The Morgan fingerprint density at radius 3 is 2.47 bits per heavy atom. The number of nitrogens with zero attached hydrogens (tertiary/aromatic N) is 2. The first kappa shape index (κ1) is 12.0. The lowest BCUT2D eigenvalue weighted by molar-refractivity contribution is 0.280. The molecule has 1 heterocycles. The highest BCUT2D eigenvalue weighted by Gasteiger charge is 2.05. The third-order valence-electron chi connectivity index (χ3n) is 2.34. The van der Waals surface area contributed by atoms with Crippen molar-refractivity contribution >= 4 is 11.3 Å². The highest BCUT2D eigenvalue weighted by Crippen LogP contribution is 2.26. The Kier molecular flexibility index (Phi) is 3.71. The van der Waals surface area contributed by atoms with Gasteiger partial charge in [0.05, 0.1) is 6.61 Å². The highest BCUT2D eigenvalue weighted by molar-refractivity contribution is 7.13. The van der Waals surface area contributed by atoms with Crippen LogP contribution in [0.1, 0.15) is 30.3 Å². The molecule has 90 valence electrons. The Morgan fingerprint density at radius 2 is 1.94 bits per heavy atom. The van der Waals surface area contributed by atoms with E-state index in [4.69, 9.17) is 9.84 Å². The standard InChI is InChI=1S/C12H14N2O2S/c1-8(2)9-3-5-10(6-4-9)16-12-14-13-11(7-15)17-12/h3-6,8,15H,7H2,1-2H3. The SMILES string of the molecule is CC(C)c1ccc(Oc2nnc(CO)s2)cc1. The lowest BCUT2D eigenvalue weighted by atomic mass is 10.0. The number of hydrogen-bond donors (Lipinski definition) is 1. The first-order valence-electron chi connectivity index (χ1n) is 5.40. The number of aromatic nitrogens is 2. The molecule has 0 unspecified atom stereocenters. The Bertz CT molecular complexity index is 480. The smallest absolute Gasteiger partial charge is 0.299 e. The number of aliphatic hydroxyl groups is 1. The van der Waals surface area contributed by atoms with Gasteiger partial charge in [0.15, 0.2) is 0 Å². The summed E-state index contributed by atoms with van der Waals surface area (Å²) in [5, 5.41) is 17.5. The van der Waals surface area contributed by atoms with Crippen molar-refractivity contribution in [3.63, 3.8) is 0 Å². The summed E-state index contributed by atoms with van der Waals surface area (Å²) in [4.78, 5) is 0. The molecule has 0 fully saturated rings. The fraction of sp³-hybridized carbons (Fsp3) is 0.333. The van der Waals surface area contributed by atoms with Crippen LogP contribution in [0.5, 0.6) is 10.9 Å². The van der Waals surface area contributed by atoms with Gasteiger partial charge in [0.25, 0.3) is 5.19 Å². The summed E-state index contributed by atoms with van der Waals surface area (Å²) >= 11 is 1.24. The second kappa shape index (κ2) is 5.25. The summed E-state index contributed by atoms with van der Waals surface area (Å²) in [6.07, 6.45) is 0. The van der Waals surface area contributed by atoms with Gasteiger partial charge >= 0.3 is 0 Å². The molecule has 1 N–H and O–H groups in total. The molecule has 0 saturated carbocycles. The molecule has 0 saturated heterocycles. The van der Waals surface area contributed by atoms with Gasteiger partial charge < -0.3 is 9.84 Å². The maximum atomic E-state index is 8.87. The van der Waals surface area contributed by atoms with E-state index in [2.05, 4.69) is 24.0 Å². The molecule has 1 aromatic carbocycles. The van der Waals surface area contributed by atoms with E-state index in [0.717, 1.165) is 5.75 Å². The molecule has 0 aliphatic heterocycles. The Labute approximate surface area is 104 Å². The van der Waals surface area contributed by atoms with E-state index in [9.17, 15) is 0 Å². The van der Waals surface area contributed by atoms with Crippen LogP contribution < -0.4 is 4.74 Å². The second-order valence-electron chi connectivity index (χ2n) is 3.95. The zero-order valence-corrected chi connectivity index (χ0v) is 10.6. The van der Waals surface area contributed by atoms with Gasteiger partial charge in [0.2, 0.25) is 0 Å². The van der Waals surface area contributed by atoms with E-state index >= 15 is 0 Å². The van der Waals surface area contributed by atoms with Gasteiger partial charge in [-0.3, -0.25) is 0 Å². The van der Waals surface area contributed by atoms with Gasteiger partial charge in [-0.15, -0.1) is 5.10 Å². The maximum absolute atomic E-state index is 8.87. The molecule has 0 amide bonds. The second-order valence-corrected chi connectivity index (χ2v) is 4.97. The van der Waals surface area contributed by atoms with E-state index < -0.39 is 0 Å². The molecule has 0 radical (unpaired) electrons. The summed E-state index contributed by atoms with van der Waals surface area (Å²) in [6, 6.07) is 7.90. The van der Waals surface area contributed by atoms with Crippen molar-refractivity contribution in [3.05, 3.63) is 34.8 Å². The van der Waals surface area contributed by atoms with Crippen molar-refractivity contribution in [2.24, 2.45) is 0 Å². The Morgan fingerprint density at radius 1 is 1.24 bits per heavy atom. The van der Waals surface area contributed by atoms with Crippen LogP contribution >= 0.6 is 11.3 Å². The summed E-state index contributed by atoms with van der Waals surface area (Å²) in [5.74, 6) is 1.24. The Balaban J connectivity index is 2.08. The van der Waals surface area contributed by atoms with Crippen molar-refractivity contribution in [1.29, 1.82) is 0 Å². The molecular weight excluding hydrogens is 236 g/mol. The van der Waals surface area contributed by atoms with Crippen LogP contribution in [-0.4, -0.2) is 15.3 Å². The number of ether oxygens (including phenoxy) is 1. The molecule has 17 heavy (non-hydrogen) atoms. The molecule has 0 aliphatic carbocycles. The predicted octanol–water partition coefficient (Wildman–Crippen LogP) is 2.95. The van der Waals surface area contributed by atoms with Crippen molar-refractivity contribution in [3.8, 4) is 10.9 Å². The third kappa shape index (κ3) is 3.01. The van der Waals surface area contributed by atoms with Gasteiger partial charge in [-0.05, 0) is 23.6 Å². The Hall–Kier alpha value is -1.46. The lowest BCUT2D eigenvalue weighted by Gasteiger charge is -2.06. The molecule has 1 aromatic heterocycles. The molecule has 0 atom stereocenters. The van der Waals surface area contributed by atoms with E-state index in [1.807, 2.05) is 24.3 Å². The van der Waals surface area contributed by atoms with Crippen LogP contribution in [0.25, 0.3) is 0 Å². The fourth-order valence-electron chi connectivity index (χ4n) is 1.36. The fourth-order valence-corrected chi connectivity index (χ4v) is 1.93. The quantitative estimate of drug-likeness (QED) is 0.906. The zero-order valence-electron chi connectivity index (χ0n) is 9.75. The molecular formula is C12H14N2O2S. The van der Waals surface area contributed by atoms with Crippen molar-refractivity contribution in [2.45, 2.75) is 26.4 Å². The van der Waals surface area contributed by atoms with Crippen molar-refractivity contribution in [1.82, 2.24) is 10.2 Å². The van der Waals surface area contributed by atoms with Gasteiger partial charge in [-0.1, -0.05) is 42.4 Å². The van der Waals surface area contributed by atoms with Crippen molar-refractivity contribution < 1.29 is 9.84 Å². The molecule has 2 aromatic rings. The van der Waals surface area contributed by atoms with Gasteiger partial charge in [-0.25, -0.2) is 0 Å². The first-order chi connectivity index (χ1) is 8.19. The average Bonchev–Trinajstić information content (AvgIpc) is 2.77. The maximum Gasteiger partial charge on any atom is 0.299 e. The van der Waals surface area contributed by atoms with Gasteiger partial charge in [-0.2, -0.15) is 0 Å². The third-order valence-corrected chi connectivity index (χ3v) is 3.12. The summed E-state index contributed by atoms with van der Waals surface area (Å²) in [5.41, 5.74) is 1.27. The average molecular weight is 250 g/mol. The van der Waals surface area contributed by atoms with Crippen LogP contribution in [-0.2, 0) is 6.61 Å². The minimum absolute atomic E-state index is 0.104. The van der Waals surface area contributed by atoms with E-state index in [-0.39, 0.29) is 6.61 Å². The monoisotopic (exact) mass is 250 g/mol. The van der Waals surface area contributed by atoms with Crippen LogP contribution in [0.4, 0.5) is 0 Å². The number of aliphatic hydroxyl groups excluding tert-OH is 1. The van der Waals surface area contributed by atoms with Crippen LogP contribution in [0.15, 0.2) is 24.3 Å². The number of hydrogen-bond acceptors (Lipinski definition) is 5. The summed E-state index contributed by atoms with van der Waals surface area (Å²) in [7, 11) is 0. The summed E-state index contributed by atoms with van der Waals surface area (Å²) < 4.78 is 5.53. The molecule has 0 aliphatic rings. The largest absolute Gasteiger partial charge is 0.430 e. The van der Waals surface area contributed by atoms with Crippen molar-refractivity contribution in [2.75, 3.05) is 0 Å². The predicted molar refractivity (Wildman–Crippen MR) is 66.4 cm³/mol. The van der Waals surface area contributed by atoms with E-state index in [0.29, 0.717) is 16.1 Å². The molecule has 4 nitrogen and oxygen atoms in total.